The van der Waals surface area contributed by atoms with Gasteiger partial charge in [-0.15, -0.1) is 0 Å². The molecular weight excluding hydrogens is 448 g/mol. The molecule has 1 N–H and O–H groups in total. The summed E-state index contributed by atoms with van der Waals surface area (Å²) in [4.78, 5) is 4.61. The predicted molar refractivity (Wildman–Crippen MR) is 135 cm³/mol. The van der Waals surface area contributed by atoms with Crippen LogP contribution in [0.15, 0.2) is 65.2 Å². The van der Waals surface area contributed by atoms with Gasteiger partial charge in [-0.2, -0.15) is 0 Å². The highest BCUT2D eigenvalue weighted by atomic mass is 35.5. The molecule has 1 aliphatic carbocycles. The summed E-state index contributed by atoms with van der Waals surface area (Å²) < 4.78 is 12.8. The Hall–Kier alpha value is -2.34. The van der Waals surface area contributed by atoms with Crippen molar-refractivity contribution < 1.29 is 18.7 Å². The van der Waals surface area contributed by atoms with Crippen LogP contribution in [0.1, 0.15) is 55.7 Å². The lowest BCUT2D eigenvalue weighted by atomic mass is 9.73. The van der Waals surface area contributed by atoms with Gasteiger partial charge in [0.15, 0.2) is 11.4 Å². The molecule has 1 aliphatic rings. The molecule has 1 fully saturated rings. The molecule has 0 spiro atoms. The largest absolute Gasteiger partial charge is 0.493 e. The molecule has 1 aromatic heterocycles. The van der Waals surface area contributed by atoms with Gasteiger partial charge in [0.25, 0.3) is 0 Å². The second-order valence-corrected chi connectivity index (χ2v) is 10.5. The number of benzene rings is 2. The zero-order valence-electron chi connectivity index (χ0n) is 20.3. The first-order valence-electron chi connectivity index (χ1n) is 12.3. The SMILES string of the molecule is C[N+](C)(CCCOc1ccc(Cl)cc1)Cc1cnc([C@](O)(c2ccccc2)C2CCCCC2)o1. The van der Waals surface area contributed by atoms with Crippen molar-refractivity contribution in [1.29, 1.82) is 0 Å². The molecule has 0 aliphatic heterocycles. The van der Waals surface area contributed by atoms with Gasteiger partial charge in [-0.3, -0.25) is 0 Å². The van der Waals surface area contributed by atoms with Crippen LogP contribution in [0.4, 0.5) is 0 Å². The van der Waals surface area contributed by atoms with Crippen LogP contribution in [0.2, 0.25) is 5.02 Å². The van der Waals surface area contributed by atoms with E-state index in [9.17, 15) is 5.11 Å². The molecule has 1 atom stereocenters. The third kappa shape index (κ3) is 6.01. The standard InChI is InChI=1S/C28H36ClN2O3/c1-31(2,18-9-19-33-25-16-14-24(29)15-17-25)21-26-20-30-27(34-26)28(32,22-10-5-3-6-11-22)23-12-7-4-8-13-23/h3,5-6,10-11,14-17,20,23,32H,4,7-9,12-13,18-19,21H2,1-2H3/q+1/t28-/m0/s1. The van der Waals surface area contributed by atoms with Crippen LogP contribution in [-0.4, -0.2) is 41.8 Å². The van der Waals surface area contributed by atoms with Gasteiger partial charge in [-0.05, 0) is 42.7 Å². The first-order valence-corrected chi connectivity index (χ1v) is 12.7. The smallest absolute Gasteiger partial charge is 0.231 e. The van der Waals surface area contributed by atoms with Gasteiger partial charge in [0.1, 0.15) is 12.3 Å². The van der Waals surface area contributed by atoms with Gasteiger partial charge in [0.2, 0.25) is 5.89 Å². The maximum atomic E-state index is 12.0. The van der Waals surface area contributed by atoms with E-state index in [0.717, 1.165) is 60.2 Å². The van der Waals surface area contributed by atoms with Crippen LogP contribution < -0.4 is 4.74 Å². The molecule has 0 saturated heterocycles. The number of rotatable bonds is 10. The summed E-state index contributed by atoms with van der Waals surface area (Å²) in [6.45, 7) is 2.26. The van der Waals surface area contributed by atoms with E-state index in [1.165, 1.54) is 6.42 Å². The molecule has 2 aromatic carbocycles. The Morgan fingerprint density at radius 2 is 1.76 bits per heavy atom. The summed E-state index contributed by atoms with van der Waals surface area (Å²) in [5, 5.41) is 12.7. The molecular formula is C28H36ClN2O3+. The second-order valence-electron chi connectivity index (χ2n) is 10.1. The normalized spacial score (nSPS) is 16.8. The number of quaternary nitrogens is 1. The summed E-state index contributed by atoms with van der Waals surface area (Å²) in [6, 6.07) is 17.3. The Morgan fingerprint density at radius 1 is 1.06 bits per heavy atom. The third-order valence-electron chi connectivity index (χ3n) is 6.86. The molecule has 0 amide bonds. The topological polar surface area (TPSA) is 55.5 Å². The third-order valence-corrected chi connectivity index (χ3v) is 7.12. The summed E-state index contributed by atoms with van der Waals surface area (Å²) >= 11 is 5.93. The van der Waals surface area contributed by atoms with Gasteiger partial charge >= 0.3 is 0 Å². The molecule has 182 valence electrons. The van der Waals surface area contributed by atoms with E-state index in [1.54, 1.807) is 6.20 Å². The van der Waals surface area contributed by atoms with Gasteiger partial charge in [0.05, 0.1) is 33.4 Å². The number of aliphatic hydroxyl groups is 1. The highest BCUT2D eigenvalue weighted by Crippen LogP contribution is 2.43. The van der Waals surface area contributed by atoms with Crippen LogP contribution in [0, 0.1) is 5.92 Å². The van der Waals surface area contributed by atoms with E-state index in [-0.39, 0.29) is 5.92 Å². The zero-order valence-corrected chi connectivity index (χ0v) is 21.0. The van der Waals surface area contributed by atoms with Crippen LogP contribution in [0.25, 0.3) is 0 Å². The van der Waals surface area contributed by atoms with Crippen LogP contribution in [-0.2, 0) is 12.1 Å². The molecule has 34 heavy (non-hydrogen) atoms. The van der Waals surface area contributed by atoms with Crippen LogP contribution in [0.5, 0.6) is 5.75 Å². The van der Waals surface area contributed by atoms with E-state index in [4.69, 9.17) is 20.8 Å². The van der Waals surface area contributed by atoms with E-state index in [2.05, 4.69) is 19.1 Å². The van der Waals surface area contributed by atoms with Gasteiger partial charge in [-0.1, -0.05) is 61.2 Å². The quantitative estimate of drug-likeness (QED) is 0.276. The van der Waals surface area contributed by atoms with E-state index < -0.39 is 5.60 Å². The molecule has 1 saturated carbocycles. The molecule has 1 heterocycles. The van der Waals surface area contributed by atoms with Gasteiger partial charge in [-0.25, -0.2) is 4.98 Å². The molecule has 0 bridgehead atoms. The summed E-state index contributed by atoms with van der Waals surface area (Å²) in [5.74, 6) is 2.16. The number of hydrogen-bond donors (Lipinski definition) is 1. The average Bonchev–Trinajstić information content (AvgIpc) is 3.32. The number of ether oxygens (including phenoxy) is 1. The van der Waals surface area contributed by atoms with Crippen molar-refractivity contribution in [3.05, 3.63) is 83.0 Å². The molecule has 0 unspecified atom stereocenters. The number of aromatic nitrogens is 1. The average molecular weight is 484 g/mol. The monoisotopic (exact) mass is 483 g/mol. The fraction of sp³-hybridized carbons (Fsp3) is 0.464. The number of oxazole rings is 1. The summed E-state index contributed by atoms with van der Waals surface area (Å²) in [5.41, 5.74) is -0.327. The maximum absolute atomic E-state index is 12.0. The maximum Gasteiger partial charge on any atom is 0.231 e. The van der Waals surface area contributed by atoms with Gasteiger partial charge in [0, 0.05) is 17.4 Å². The lowest BCUT2D eigenvalue weighted by Gasteiger charge is -2.36. The second kappa shape index (κ2) is 10.9. The van der Waals surface area contributed by atoms with Crippen molar-refractivity contribution >= 4 is 11.6 Å². The van der Waals surface area contributed by atoms with E-state index in [1.807, 2.05) is 54.6 Å². The van der Waals surface area contributed by atoms with Gasteiger partial charge < -0.3 is 18.7 Å². The molecule has 0 radical (unpaired) electrons. The Morgan fingerprint density at radius 3 is 2.47 bits per heavy atom. The van der Waals surface area contributed by atoms with Crippen molar-refractivity contribution in [3.63, 3.8) is 0 Å². The van der Waals surface area contributed by atoms with Crippen LogP contribution in [0.3, 0.4) is 0 Å². The van der Waals surface area contributed by atoms with Crippen molar-refractivity contribution in [2.24, 2.45) is 5.92 Å². The first-order chi connectivity index (χ1) is 16.4. The highest BCUT2D eigenvalue weighted by Gasteiger charge is 2.44. The Balaban J connectivity index is 1.40. The molecule has 4 rings (SSSR count). The van der Waals surface area contributed by atoms with Crippen molar-refractivity contribution in [1.82, 2.24) is 4.98 Å². The lowest BCUT2D eigenvalue weighted by Crippen LogP contribution is -2.40. The van der Waals surface area contributed by atoms with E-state index >= 15 is 0 Å². The van der Waals surface area contributed by atoms with Crippen molar-refractivity contribution in [3.8, 4) is 5.75 Å². The summed E-state index contributed by atoms with van der Waals surface area (Å²) in [7, 11) is 4.35. The Bertz CT molecular complexity index is 1030. The molecule has 5 nitrogen and oxygen atoms in total. The van der Waals surface area contributed by atoms with Crippen molar-refractivity contribution in [2.75, 3.05) is 27.2 Å². The molecule has 6 heteroatoms. The Kier molecular flexibility index (Phi) is 7.97. The first kappa shape index (κ1) is 24.8. The lowest BCUT2D eigenvalue weighted by molar-refractivity contribution is -0.904. The fourth-order valence-electron chi connectivity index (χ4n) is 5.02. The fourth-order valence-corrected chi connectivity index (χ4v) is 5.14. The number of hydrogen-bond acceptors (Lipinski definition) is 4. The minimum absolute atomic E-state index is 0.114. The predicted octanol–water partition coefficient (Wildman–Crippen LogP) is 6.19. The van der Waals surface area contributed by atoms with Crippen LogP contribution >= 0.6 is 11.6 Å². The number of halogens is 1. The highest BCUT2D eigenvalue weighted by molar-refractivity contribution is 6.30. The number of nitrogens with zero attached hydrogens (tertiary/aromatic N) is 2. The zero-order chi connectivity index (χ0) is 24.0. The minimum Gasteiger partial charge on any atom is -0.493 e. The molecule has 3 aromatic rings. The van der Waals surface area contributed by atoms with Crippen molar-refractivity contribution in [2.45, 2.75) is 50.7 Å². The van der Waals surface area contributed by atoms with E-state index in [0.29, 0.717) is 24.1 Å². The summed E-state index contributed by atoms with van der Waals surface area (Å²) in [6.07, 6.45) is 8.16. The minimum atomic E-state index is -1.19. The Labute approximate surface area is 207 Å².